The summed E-state index contributed by atoms with van der Waals surface area (Å²) in [5, 5.41) is 4.48. The van der Waals surface area contributed by atoms with Crippen LogP contribution in [0.1, 0.15) is 6.42 Å². The molecule has 2 aromatic rings. The fraction of sp³-hybridized carbons (Fsp3) is 0.143. The van der Waals surface area contributed by atoms with Crippen molar-refractivity contribution in [2.24, 2.45) is 0 Å². The number of nitrogens with zero attached hydrogens (tertiary/aromatic N) is 1. The normalized spacial score (nSPS) is 15.7. The summed E-state index contributed by atoms with van der Waals surface area (Å²) >= 11 is 3.55. The first-order valence-electron chi connectivity index (χ1n) is 5.95. The van der Waals surface area contributed by atoms with Crippen molar-refractivity contribution in [1.82, 2.24) is 5.32 Å². The summed E-state index contributed by atoms with van der Waals surface area (Å²) in [4.78, 5) is 24.6. The van der Waals surface area contributed by atoms with Crippen molar-refractivity contribution < 1.29 is 9.59 Å². The molecule has 0 aromatic heterocycles. The van der Waals surface area contributed by atoms with Crippen LogP contribution in [0.5, 0.6) is 0 Å². The summed E-state index contributed by atoms with van der Waals surface area (Å²) < 4.78 is 0.870. The molecule has 0 atom stereocenters. The molecule has 1 aliphatic rings. The lowest BCUT2D eigenvalue weighted by atomic mass is 10.1. The molecule has 96 valence electrons. The van der Waals surface area contributed by atoms with Crippen LogP contribution in [0.3, 0.4) is 0 Å². The van der Waals surface area contributed by atoms with Gasteiger partial charge in [0.2, 0.25) is 5.91 Å². The molecule has 1 saturated heterocycles. The van der Waals surface area contributed by atoms with Gasteiger partial charge in [0.15, 0.2) is 0 Å². The van der Waals surface area contributed by atoms with E-state index in [1.165, 1.54) is 0 Å². The minimum atomic E-state index is -0.368. The highest BCUT2D eigenvalue weighted by molar-refractivity contribution is 9.10. The van der Waals surface area contributed by atoms with Crippen LogP contribution in [0.2, 0.25) is 0 Å². The number of benzene rings is 2. The van der Waals surface area contributed by atoms with E-state index >= 15 is 0 Å². The lowest BCUT2D eigenvalue weighted by Crippen LogP contribution is -2.49. The Labute approximate surface area is 118 Å². The topological polar surface area (TPSA) is 49.4 Å². The van der Waals surface area contributed by atoms with Gasteiger partial charge < -0.3 is 0 Å². The van der Waals surface area contributed by atoms with Gasteiger partial charge >= 0.3 is 6.03 Å². The van der Waals surface area contributed by atoms with E-state index in [0.717, 1.165) is 20.9 Å². The average Bonchev–Trinajstić information content (AvgIpc) is 2.41. The predicted molar refractivity (Wildman–Crippen MR) is 77.1 cm³/mol. The Morgan fingerprint density at radius 2 is 1.89 bits per heavy atom. The number of imide groups is 1. The van der Waals surface area contributed by atoms with Crippen molar-refractivity contribution in [3.63, 3.8) is 0 Å². The Bertz CT molecular complexity index is 684. The summed E-state index contributed by atoms with van der Waals surface area (Å²) in [6.07, 6.45) is 0.324. The zero-order valence-corrected chi connectivity index (χ0v) is 11.6. The van der Waals surface area contributed by atoms with Gasteiger partial charge in [0.25, 0.3) is 0 Å². The monoisotopic (exact) mass is 318 g/mol. The number of urea groups is 1. The van der Waals surface area contributed by atoms with E-state index in [1.807, 2.05) is 36.4 Å². The third-order valence-corrected chi connectivity index (χ3v) is 4.02. The molecule has 0 unspecified atom stereocenters. The van der Waals surface area contributed by atoms with Crippen molar-refractivity contribution in [1.29, 1.82) is 0 Å². The van der Waals surface area contributed by atoms with E-state index in [4.69, 9.17) is 0 Å². The van der Waals surface area contributed by atoms with E-state index in [0.29, 0.717) is 13.0 Å². The third-order valence-electron chi connectivity index (χ3n) is 3.19. The number of hydrogen-bond donors (Lipinski definition) is 1. The third kappa shape index (κ3) is 2.10. The summed E-state index contributed by atoms with van der Waals surface area (Å²) in [6.45, 7) is 0.404. The Balaban J connectivity index is 2.08. The lowest BCUT2D eigenvalue weighted by Gasteiger charge is -2.27. The van der Waals surface area contributed by atoms with Gasteiger partial charge in [0.05, 0.1) is 5.69 Å². The molecule has 0 aliphatic carbocycles. The van der Waals surface area contributed by atoms with Crippen molar-refractivity contribution >= 4 is 44.3 Å². The molecule has 1 heterocycles. The number of fused-ring (bicyclic) bond motifs is 1. The second kappa shape index (κ2) is 4.66. The molecule has 3 amide bonds. The fourth-order valence-corrected chi connectivity index (χ4v) is 2.93. The fourth-order valence-electron chi connectivity index (χ4n) is 2.22. The molecule has 3 rings (SSSR count). The zero-order valence-electron chi connectivity index (χ0n) is 10.0. The first kappa shape index (κ1) is 12.2. The first-order chi connectivity index (χ1) is 9.16. The minimum Gasteiger partial charge on any atom is -0.292 e. The van der Waals surface area contributed by atoms with Gasteiger partial charge in [-0.3, -0.25) is 15.0 Å². The molecule has 1 fully saturated rings. The summed E-state index contributed by atoms with van der Waals surface area (Å²) in [7, 11) is 0. The van der Waals surface area contributed by atoms with Crippen molar-refractivity contribution in [2.75, 3.05) is 11.4 Å². The second-order valence-corrected chi connectivity index (χ2v) is 5.17. The van der Waals surface area contributed by atoms with Crippen LogP contribution in [-0.2, 0) is 4.79 Å². The van der Waals surface area contributed by atoms with Gasteiger partial charge in [-0.1, -0.05) is 30.3 Å². The maximum absolute atomic E-state index is 11.9. The number of rotatable bonds is 1. The molecule has 0 bridgehead atoms. The zero-order chi connectivity index (χ0) is 13.4. The second-order valence-electron chi connectivity index (χ2n) is 4.37. The Morgan fingerprint density at radius 1 is 1.11 bits per heavy atom. The van der Waals surface area contributed by atoms with Gasteiger partial charge in [0.1, 0.15) is 0 Å². The number of anilines is 1. The molecule has 1 aliphatic heterocycles. The quantitative estimate of drug-likeness (QED) is 0.878. The minimum absolute atomic E-state index is 0.224. The molecule has 0 spiro atoms. The van der Waals surface area contributed by atoms with Gasteiger partial charge in [-0.05, 0) is 32.8 Å². The summed E-state index contributed by atoms with van der Waals surface area (Å²) in [6, 6.07) is 11.4. The van der Waals surface area contributed by atoms with Crippen LogP contribution in [0.15, 0.2) is 40.9 Å². The highest BCUT2D eigenvalue weighted by Gasteiger charge is 2.25. The number of hydrogen-bond acceptors (Lipinski definition) is 2. The van der Waals surface area contributed by atoms with Crippen molar-refractivity contribution in [3.05, 3.63) is 40.9 Å². The molecule has 0 radical (unpaired) electrons. The first-order valence-corrected chi connectivity index (χ1v) is 6.75. The van der Waals surface area contributed by atoms with E-state index in [2.05, 4.69) is 21.2 Å². The predicted octanol–water partition coefficient (Wildman–Crippen LogP) is 3.05. The molecule has 2 aromatic carbocycles. The van der Waals surface area contributed by atoms with Crippen LogP contribution >= 0.6 is 15.9 Å². The SMILES string of the molecule is O=C1CCN(c2ccc3ccccc3c2Br)C(=O)N1. The highest BCUT2D eigenvalue weighted by Crippen LogP contribution is 2.34. The summed E-state index contributed by atoms with van der Waals surface area (Å²) in [5.41, 5.74) is 0.781. The molecule has 0 saturated carbocycles. The van der Waals surface area contributed by atoms with Crippen LogP contribution in [0, 0.1) is 0 Å². The van der Waals surface area contributed by atoms with E-state index in [9.17, 15) is 9.59 Å². The maximum atomic E-state index is 11.9. The Hall–Kier alpha value is -1.88. The molecule has 4 nitrogen and oxygen atoms in total. The number of carbonyl (C=O) groups excluding carboxylic acids is 2. The number of nitrogens with one attached hydrogen (secondary N) is 1. The van der Waals surface area contributed by atoms with Crippen LogP contribution in [-0.4, -0.2) is 18.5 Å². The van der Waals surface area contributed by atoms with Crippen molar-refractivity contribution in [2.45, 2.75) is 6.42 Å². The lowest BCUT2D eigenvalue weighted by molar-refractivity contribution is -0.120. The molecule has 5 heteroatoms. The number of amides is 3. The Kier molecular flexibility index (Phi) is 2.98. The van der Waals surface area contributed by atoms with Gasteiger partial charge in [-0.25, -0.2) is 4.79 Å². The van der Waals surface area contributed by atoms with E-state index in [-0.39, 0.29) is 11.9 Å². The van der Waals surface area contributed by atoms with Gasteiger partial charge in [-0.15, -0.1) is 0 Å². The molecule has 1 N–H and O–H groups in total. The van der Waals surface area contributed by atoms with E-state index in [1.54, 1.807) is 4.90 Å². The maximum Gasteiger partial charge on any atom is 0.328 e. The van der Waals surface area contributed by atoms with E-state index < -0.39 is 0 Å². The number of carbonyl (C=O) groups is 2. The molecular weight excluding hydrogens is 308 g/mol. The average molecular weight is 319 g/mol. The standard InChI is InChI=1S/C14H11BrN2O2/c15-13-10-4-2-1-3-9(10)5-6-11(13)17-8-7-12(18)16-14(17)19/h1-6H,7-8H2,(H,16,18,19). The molecule has 19 heavy (non-hydrogen) atoms. The van der Waals surface area contributed by atoms with Crippen LogP contribution in [0.25, 0.3) is 10.8 Å². The molecular formula is C14H11BrN2O2. The van der Waals surface area contributed by atoms with Crippen molar-refractivity contribution in [3.8, 4) is 0 Å². The summed E-state index contributed by atoms with van der Waals surface area (Å²) in [5.74, 6) is -0.224. The number of halogens is 1. The smallest absolute Gasteiger partial charge is 0.292 e. The van der Waals surface area contributed by atoms with Gasteiger partial charge in [0, 0.05) is 17.4 Å². The van der Waals surface area contributed by atoms with Gasteiger partial charge in [-0.2, -0.15) is 0 Å². The van der Waals surface area contributed by atoms with Crippen LogP contribution < -0.4 is 10.2 Å². The Morgan fingerprint density at radius 3 is 2.68 bits per heavy atom. The van der Waals surface area contributed by atoms with Crippen LogP contribution in [0.4, 0.5) is 10.5 Å². The largest absolute Gasteiger partial charge is 0.328 e. The highest BCUT2D eigenvalue weighted by atomic mass is 79.9.